The van der Waals surface area contributed by atoms with E-state index in [2.05, 4.69) is 10.6 Å². The molecule has 7 nitrogen and oxygen atoms in total. The molecule has 2 aromatic carbocycles. The first kappa shape index (κ1) is 22.0. The van der Waals surface area contributed by atoms with Gasteiger partial charge in [-0.15, -0.1) is 0 Å². The van der Waals surface area contributed by atoms with Crippen molar-refractivity contribution in [2.24, 2.45) is 0 Å². The summed E-state index contributed by atoms with van der Waals surface area (Å²) in [6, 6.07) is 15.1. The fourth-order valence-corrected chi connectivity index (χ4v) is 5.13. The molecule has 2 N–H and O–H groups in total. The first-order valence-corrected chi connectivity index (χ1v) is 11.5. The summed E-state index contributed by atoms with van der Waals surface area (Å²) in [5.74, 6) is -0.545. The molecule has 1 fully saturated rings. The average molecular weight is 430 g/mol. The van der Waals surface area contributed by atoms with Gasteiger partial charge in [0.2, 0.25) is 21.8 Å². The van der Waals surface area contributed by atoms with E-state index < -0.39 is 16.1 Å². The van der Waals surface area contributed by atoms with Crippen LogP contribution in [-0.4, -0.2) is 37.6 Å². The zero-order valence-corrected chi connectivity index (χ0v) is 17.8. The monoisotopic (exact) mass is 429 g/mol. The Bertz CT molecular complexity index is 986. The third-order valence-corrected chi connectivity index (χ3v) is 6.93. The molecular formula is C22H27N3O4S. The molecule has 1 aliphatic rings. The average Bonchev–Trinajstić information content (AvgIpc) is 2.74. The van der Waals surface area contributed by atoms with Gasteiger partial charge in [0.1, 0.15) is 0 Å². The van der Waals surface area contributed by atoms with Gasteiger partial charge in [-0.3, -0.25) is 9.59 Å². The molecule has 0 bridgehead atoms. The van der Waals surface area contributed by atoms with Gasteiger partial charge in [-0.05, 0) is 36.6 Å². The maximum absolute atomic E-state index is 12.9. The van der Waals surface area contributed by atoms with Crippen LogP contribution < -0.4 is 10.6 Å². The predicted octanol–water partition coefficient (Wildman–Crippen LogP) is 3.07. The van der Waals surface area contributed by atoms with Crippen LogP contribution in [0.3, 0.4) is 0 Å². The number of rotatable bonds is 7. The summed E-state index contributed by atoms with van der Waals surface area (Å²) >= 11 is 0. The van der Waals surface area contributed by atoms with Crippen molar-refractivity contribution in [1.82, 2.24) is 9.62 Å². The molecule has 30 heavy (non-hydrogen) atoms. The molecule has 2 aromatic rings. The number of anilines is 1. The van der Waals surface area contributed by atoms with Crippen molar-refractivity contribution in [3.8, 4) is 0 Å². The molecule has 0 spiro atoms. The lowest BCUT2D eigenvalue weighted by Crippen LogP contribution is -2.35. The Morgan fingerprint density at radius 2 is 1.70 bits per heavy atom. The smallest absolute Gasteiger partial charge is 0.243 e. The molecule has 0 aliphatic carbocycles. The second kappa shape index (κ2) is 9.86. The van der Waals surface area contributed by atoms with Crippen molar-refractivity contribution in [2.45, 2.75) is 43.5 Å². The SMILES string of the molecule is CC(=O)N[C@H](CC(=O)Nc1cccc(S(=O)(=O)N2CCCCC2)c1)c1ccccc1. The van der Waals surface area contributed by atoms with Crippen molar-refractivity contribution in [1.29, 1.82) is 0 Å². The molecule has 1 aliphatic heterocycles. The molecule has 1 saturated heterocycles. The molecule has 160 valence electrons. The van der Waals surface area contributed by atoms with Crippen LogP contribution in [0.4, 0.5) is 5.69 Å². The highest BCUT2D eigenvalue weighted by Crippen LogP contribution is 2.24. The highest BCUT2D eigenvalue weighted by molar-refractivity contribution is 7.89. The van der Waals surface area contributed by atoms with Gasteiger partial charge < -0.3 is 10.6 Å². The minimum Gasteiger partial charge on any atom is -0.349 e. The van der Waals surface area contributed by atoms with Gasteiger partial charge in [-0.1, -0.05) is 42.8 Å². The lowest BCUT2D eigenvalue weighted by atomic mass is 10.0. The predicted molar refractivity (Wildman–Crippen MR) is 115 cm³/mol. The largest absolute Gasteiger partial charge is 0.349 e. The molecule has 8 heteroatoms. The Morgan fingerprint density at radius 3 is 2.37 bits per heavy atom. The third-order valence-electron chi connectivity index (χ3n) is 5.04. The molecule has 2 amide bonds. The number of carbonyl (C=O) groups excluding carboxylic acids is 2. The second-order valence-electron chi connectivity index (χ2n) is 7.41. The Kier molecular flexibility index (Phi) is 7.23. The zero-order valence-electron chi connectivity index (χ0n) is 17.0. The molecule has 0 saturated carbocycles. The van der Waals surface area contributed by atoms with Gasteiger partial charge in [0, 0.05) is 25.7 Å². The van der Waals surface area contributed by atoms with Gasteiger partial charge in [0.25, 0.3) is 0 Å². The van der Waals surface area contributed by atoms with E-state index in [0.29, 0.717) is 18.8 Å². The summed E-state index contributed by atoms with van der Waals surface area (Å²) in [5, 5.41) is 5.55. The Hall–Kier alpha value is -2.71. The number of benzene rings is 2. The number of hydrogen-bond acceptors (Lipinski definition) is 4. The second-order valence-corrected chi connectivity index (χ2v) is 9.35. The van der Waals surface area contributed by atoms with Gasteiger partial charge in [0.15, 0.2) is 0 Å². The highest BCUT2D eigenvalue weighted by atomic mass is 32.2. The topological polar surface area (TPSA) is 95.6 Å². The number of amides is 2. The summed E-state index contributed by atoms with van der Waals surface area (Å²) in [6.07, 6.45) is 2.80. The zero-order chi connectivity index (χ0) is 21.6. The van der Waals surface area contributed by atoms with Gasteiger partial charge in [-0.2, -0.15) is 4.31 Å². The van der Waals surface area contributed by atoms with Crippen LogP contribution >= 0.6 is 0 Å². The fourth-order valence-electron chi connectivity index (χ4n) is 3.57. The van der Waals surface area contributed by atoms with Crippen LogP contribution in [0.5, 0.6) is 0 Å². The van der Waals surface area contributed by atoms with Crippen LogP contribution in [0.25, 0.3) is 0 Å². The third kappa shape index (κ3) is 5.67. The van der Waals surface area contributed by atoms with E-state index in [1.807, 2.05) is 30.3 Å². The highest BCUT2D eigenvalue weighted by Gasteiger charge is 2.26. The quantitative estimate of drug-likeness (QED) is 0.707. The van der Waals surface area contributed by atoms with Gasteiger partial charge in [-0.25, -0.2) is 8.42 Å². The minimum atomic E-state index is -3.58. The Labute approximate surface area is 177 Å². The molecular weight excluding hydrogens is 402 g/mol. The maximum Gasteiger partial charge on any atom is 0.243 e. The van der Waals surface area contributed by atoms with E-state index in [1.165, 1.54) is 17.3 Å². The number of carbonyl (C=O) groups is 2. The Morgan fingerprint density at radius 1 is 1.00 bits per heavy atom. The summed E-state index contributed by atoms with van der Waals surface area (Å²) < 4.78 is 27.2. The molecule has 0 unspecified atom stereocenters. The van der Waals surface area contributed by atoms with Crippen molar-refractivity contribution in [2.75, 3.05) is 18.4 Å². The van der Waals surface area contributed by atoms with Crippen molar-refractivity contribution in [3.63, 3.8) is 0 Å². The van der Waals surface area contributed by atoms with E-state index in [0.717, 1.165) is 24.8 Å². The number of nitrogens with one attached hydrogen (secondary N) is 2. The number of sulfonamides is 1. The molecule has 1 heterocycles. The molecule has 0 aromatic heterocycles. The lowest BCUT2D eigenvalue weighted by Gasteiger charge is -2.26. The number of piperidine rings is 1. The van der Waals surface area contributed by atoms with Crippen molar-refractivity contribution >= 4 is 27.5 Å². The van der Waals surface area contributed by atoms with E-state index in [4.69, 9.17) is 0 Å². The van der Waals surface area contributed by atoms with Crippen LogP contribution in [0.2, 0.25) is 0 Å². The summed E-state index contributed by atoms with van der Waals surface area (Å²) in [5.41, 5.74) is 1.23. The van der Waals surface area contributed by atoms with Crippen molar-refractivity contribution in [3.05, 3.63) is 60.2 Å². The standard InChI is InChI=1S/C22H27N3O4S/c1-17(26)23-21(18-9-4-2-5-10-18)16-22(27)24-19-11-8-12-20(15-19)30(28,29)25-13-6-3-7-14-25/h2,4-5,8-12,15,21H,3,6-7,13-14,16H2,1H3,(H,23,26)(H,24,27)/t21-/m1/s1. The molecule has 1 atom stereocenters. The number of nitrogens with zero attached hydrogens (tertiary/aromatic N) is 1. The first-order valence-electron chi connectivity index (χ1n) is 10.1. The minimum absolute atomic E-state index is 0.0344. The van der Waals surface area contributed by atoms with E-state index in [9.17, 15) is 18.0 Å². The maximum atomic E-state index is 12.9. The van der Waals surface area contributed by atoms with E-state index in [1.54, 1.807) is 18.2 Å². The lowest BCUT2D eigenvalue weighted by molar-refractivity contribution is -0.120. The Balaban J connectivity index is 1.72. The van der Waals surface area contributed by atoms with Crippen LogP contribution in [-0.2, 0) is 19.6 Å². The molecule has 3 rings (SSSR count). The molecule has 0 radical (unpaired) electrons. The van der Waals surface area contributed by atoms with E-state index >= 15 is 0 Å². The van der Waals surface area contributed by atoms with E-state index in [-0.39, 0.29) is 23.1 Å². The summed E-state index contributed by atoms with van der Waals surface area (Å²) in [6.45, 7) is 2.45. The van der Waals surface area contributed by atoms with Crippen molar-refractivity contribution < 1.29 is 18.0 Å². The first-order chi connectivity index (χ1) is 14.4. The van der Waals surface area contributed by atoms with Crippen LogP contribution in [0, 0.1) is 0 Å². The van der Waals surface area contributed by atoms with Crippen LogP contribution in [0.15, 0.2) is 59.5 Å². The summed E-state index contributed by atoms with van der Waals surface area (Å²) in [7, 11) is -3.58. The normalized spacial score (nSPS) is 15.9. The summed E-state index contributed by atoms with van der Waals surface area (Å²) in [4.78, 5) is 24.3. The van der Waals surface area contributed by atoms with Gasteiger partial charge in [0.05, 0.1) is 17.4 Å². The fraction of sp³-hybridized carbons (Fsp3) is 0.364. The number of hydrogen-bond donors (Lipinski definition) is 2. The van der Waals surface area contributed by atoms with Gasteiger partial charge >= 0.3 is 0 Å². The van der Waals surface area contributed by atoms with Crippen LogP contribution in [0.1, 0.15) is 44.2 Å².